The van der Waals surface area contributed by atoms with Crippen molar-refractivity contribution in [3.05, 3.63) is 28.2 Å². The van der Waals surface area contributed by atoms with E-state index in [2.05, 4.69) is 21.2 Å². The van der Waals surface area contributed by atoms with Crippen LogP contribution in [0.25, 0.3) is 0 Å². The van der Waals surface area contributed by atoms with Crippen molar-refractivity contribution in [2.24, 2.45) is 11.8 Å². The van der Waals surface area contributed by atoms with E-state index < -0.39 is 5.97 Å². The molecule has 0 bridgehead atoms. The third kappa shape index (κ3) is 3.15. The van der Waals surface area contributed by atoms with Crippen LogP contribution in [0.2, 0.25) is 0 Å². The summed E-state index contributed by atoms with van der Waals surface area (Å²) in [5.41, 5.74) is 1.79. The van der Waals surface area contributed by atoms with Crippen LogP contribution in [0.5, 0.6) is 0 Å². The molecule has 2 atom stereocenters. The number of carbonyl (C=O) groups is 2. The predicted molar refractivity (Wildman–Crippen MR) is 76.0 cm³/mol. The summed E-state index contributed by atoms with van der Waals surface area (Å²) in [5.74, 6) is -1.47. The Labute approximate surface area is 120 Å². The first-order chi connectivity index (χ1) is 8.99. The molecule has 1 aromatic carbocycles. The third-order valence-corrected chi connectivity index (χ3v) is 4.65. The first kappa shape index (κ1) is 14.1. The zero-order chi connectivity index (χ0) is 14.0. The van der Waals surface area contributed by atoms with Crippen LogP contribution in [0.15, 0.2) is 22.7 Å². The summed E-state index contributed by atoms with van der Waals surface area (Å²) in [6, 6.07) is 5.67. The maximum atomic E-state index is 12.1. The third-order valence-electron chi connectivity index (χ3n) is 3.60. The Balaban J connectivity index is 2.02. The second-order valence-corrected chi connectivity index (χ2v) is 5.76. The van der Waals surface area contributed by atoms with Gasteiger partial charge in [-0.05, 0) is 53.7 Å². The van der Waals surface area contributed by atoms with Crippen molar-refractivity contribution in [3.63, 3.8) is 0 Å². The molecule has 2 rings (SSSR count). The number of aryl methyl sites for hydroxylation is 1. The lowest BCUT2D eigenvalue weighted by Crippen LogP contribution is -2.22. The molecule has 0 aromatic heterocycles. The van der Waals surface area contributed by atoms with Crippen molar-refractivity contribution in [2.75, 3.05) is 5.32 Å². The zero-order valence-corrected chi connectivity index (χ0v) is 12.2. The average Bonchev–Trinajstić information content (AvgIpc) is 2.84. The molecular formula is C14H16BrNO3. The normalized spacial score (nSPS) is 22.2. The fraction of sp³-hybridized carbons (Fsp3) is 0.429. The standard InChI is InChI=1S/C14H16BrNO3/c1-8-3-2-4-11(12(8)15)16-13(17)9-5-6-10(7-9)14(18)19/h2-4,9-10H,5-7H2,1H3,(H,16,17)(H,18,19)/t9-,10+/m1/s1. The van der Waals surface area contributed by atoms with Crippen molar-refractivity contribution in [3.8, 4) is 0 Å². The van der Waals surface area contributed by atoms with Gasteiger partial charge in [-0.2, -0.15) is 0 Å². The van der Waals surface area contributed by atoms with Gasteiger partial charge in [0.2, 0.25) is 5.91 Å². The van der Waals surface area contributed by atoms with Gasteiger partial charge in [0.15, 0.2) is 0 Å². The Morgan fingerprint density at radius 2 is 2.00 bits per heavy atom. The largest absolute Gasteiger partial charge is 0.481 e. The number of carboxylic acid groups (broad SMARTS) is 1. The number of rotatable bonds is 3. The molecule has 5 heteroatoms. The number of benzene rings is 1. The average molecular weight is 326 g/mol. The van der Waals surface area contributed by atoms with E-state index in [1.54, 1.807) is 0 Å². The van der Waals surface area contributed by atoms with Gasteiger partial charge in [-0.15, -0.1) is 0 Å². The van der Waals surface area contributed by atoms with Crippen LogP contribution in [0.3, 0.4) is 0 Å². The topological polar surface area (TPSA) is 66.4 Å². The lowest BCUT2D eigenvalue weighted by Gasteiger charge is -2.13. The molecule has 1 amide bonds. The molecule has 2 N–H and O–H groups in total. The van der Waals surface area contributed by atoms with Crippen molar-refractivity contribution in [1.82, 2.24) is 0 Å². The Kier molecular flexibility index (Phi) is 4.24. The Morgan fingerprint density at radius 3 is 2.63 bits per heavy atom. The van der Waals surface area contributed by atoms with Gasteiger partial charge in [-0.25, -0.2) is 0 Å². The minimum absolute atomic E-state index is 0.0879. The fourth-order valence-electron chi connectivity index (χ4n) is 2.42. The van der Waals surface area contributed by atoms with E-state index in [4.69, 9.17) is 5.11 Å². The lowest BCUT2D eigenvalue weighted by molar-refractivity contribution is -0.141. The van der Waals surface area contributed by atoms with Crippen molar-refractivity contribution in [1.29, 1.82) is 0 Å². The van der Waals surface area contributed by atoms with E-state index >= 15 is 0 Å². The Hall–Kier alpha value is -1.36. The molecule has 19 heavy (non-hydrogen) atoms. The summed E-state index contributed by atoms with van der Waals surface area (Å²) >= 11 is 3.44. The highest BCUT2D eigenvalue weighted by Gasteiger charge is 2.33. The van der Waals surface area contributed by atoms with Gasteiger partial charge in [0.25, 0.3) is 0 Å². The number of anilines is 1. The number of amides is 1. The molecule has 0 unspecified atom stereocenters. The molecular weight excluding hydrogens is 310 g/mol. The second kappa shape index (κ2) is 5.74. The highest BCUT2D eigenvalue weighted by molar-refractivity contribution is 9.10. The van der Waals surface area contributed by atoms with E-state index in [1.807, 2.05) is 25.1 Å². The zero-order valence-electron chi connectivity index (χ0n) is 10.6. The second-order valence-electron chi connectivity index (χ2n) is 4.97. The summed E-state index contributed by atoms with van der Waals surface area (Å²) < 4.78 is 0.871. The van der Waals surface area contributed by atoms with Gasteiger partial charge in [0.05, 0.1) is 11.6 Å². The van der Waals surface area contributed by atoms with Gasteiger partial charge >= 0.3 is 5.97 Å². The number of hydrogen-bond acceptors (Lipinski definition) is 2. The summed E-state index contributed by atoms with van der Waals surface area (Å²) in [4.78, 5) is 23.0. The fourth-order valence-corrected chi connectivity index (χ4v) is 2.79. The summed E-state index contributed by atoms with van der Waals surface area (Å²) in [5, 5.41) is 11.8. The van der Waals surface area contributed by atoms with Crippen molar-refractivity contribution >= 4 is 33.5 Å². The quantitative estimate of drug-likeness (QED) is 0.896. The summed E-state index contributed by atoms with van der Waals surface area (Å²) in [6.45, 7) is 1.95. The van der Waals surface area contributed by atoms with Crippen LogP contribution in [0.1, 0.15) is 24.8 Å². The first-order valence-corrected chi connectivity index (χ1v) is 7.07. The molecule has 0 heterocycles. The molecule has 1 aliphatic rings. The monoisotopic (exact) mass is 325 g/mol. The lowest BCUT2D eigenvalue weighted by atomic mass is 10.0. The summed E-state index contributed by atoms with van der Waals surface area (Å²) in [6.07, 6.45) is 1.67. The molecule has 0 aliphatic heterocycles. The molecule has 1 aliphatic carbocycles. The van der Waals surface area contributed by atoms with Crippen LogP contribution in [0, 0.1) is 18.8 Å². The summed E-state index contributed by atoms with van der Waals surface area (Å²) in [7, 11) is 0. The molecule has 0 radical (unpaired) electrons. The molecule has 0 saturated heterocycles. The maximum Gasteiger partial charge on any atom is 0.306 e. The minimum Gasteiger partial charge on any atom is -0.481 e. The number of aliphatic carboxylic acids is 1. The van der Waals surface area contributed by atoms with E-state index in [0.29, 0.717) is 19.3 Å². The molecule has 4 nitrogen and oxygen atoms in total. The molecule has 1 aromatic rings. The van der Waals surface area contributed by atoms with Crippen molar-refractivity contribution < 1.29 is 14.7 Å². The number of halogens is 1. The van der Waals surface area contributed by atoms with Gasteiger partial charge in [-0.1, -0.05) is 12.1 Å². The number of carboxylic acids is 1. The van der Waals surface area contributed by atoms with Gasteiger partial charge < -0.3 is 10.4 Å². The minimum atomic E-state index is -0.799. The Morgan fingerprint density at radius 1 is 1.32 bits per heavy atom. The molecule has 102 valence electrons. The highest BCUT2D eigenvalue weighted by Crippen LogP contribution is 2.33. The number of hydrogen-bond donors (Lipinski definition) is 2. The van der Waals surface area contributed by atoms with E-state index in [0.717, 1.165) is 15.7 Å². The number of carbonyl (C=O) groups excluding carboxylic acids is 1. The van der Waals surface area contributed by atoms with Gasteiger partial charge in [0.1, 0.15) is 0 Å². The number of nitrogens with one attached hydrogen (secondary N) is 1. The maximum absolute atomic E-state index is 12.1. The van der Waals surface area contributed by atoms with Crippen LogP contribution in [-0.2, 0) is 9.59 Å². The smallest absolute Gasteiger partial charge is 0.306 e. The first-order valence-electron chi connectivity index (χ1n) is 6.28. The predicted octanol–water partition coefficient (Wildman–Crippen LogP) is 3.20. The van der Waals surface area contributed by atoms with E-state index in [1.165, 1.54) is 0 Å². The van der Waals surface area contributed by atoms with E-state index in [9.17, 15) is 9.59 Å². The molecule has 1 fully saturated rings. The van der Waals surface area contributed by atoms with E-state index in [-0.39, 0.29) is 17.7 Å². The molecule has 0 spiro atoms. The van der Waals surface area contributed by atoms with Gasteiger partial charge in [-0.3, -0.25) is 9.59 Å². The van der Waals surface area contributed by atoms with Crippen LogP contribution in [0.4, 0.5) is 5.69 Å². The van der Waals surface area contributed by atoms with Crippen molar-refractivity contribution in [2.45, 2.75) is 26.2 Å². The SMILES string of the molecule is Cc1cccc(NC(=O)[C@@H]2CC[C@H](C(=O)O)C2)c1Br. The molecule has 1 saturated carbocycles. The van der Waals surface area contributed by atoms with Crippen LogP contribution in [-0.4, -0.2) is 17.0 Å². The van der Waals surface area contributed by atoms with Crippen LogP contribution >= 0.6 is 15.9 Å². The Bertz CT molecular complexity index is 515. The van der Waals surface area contributed by atoms with Crippen LogP contribution < -0.4 is 5.32 Å². The van der Waals surface area contributed by atoms with Gasteiger partial charge in [0, 0.05) is 10.4 Å². The highest BCUT2D eigenvalue weighted by atomic mass is 79.9.